The molecule has 4 fully saturated rings. The van der Waals surface area contributed by atoms with Crippen molar-refractivity contribution in [3.05, 3.63) is 12.4 Å². The SMILES string of the molecule is CC12CCC3C4CCC(O)(C#CCCO)CC4CCC3C1CCC2C(=O)Cn1nccn1. The summed E-state index contributed by atoms with van der Waals surface area (Å²) in [6.07, 6.45) is 13.3. The van der Waals surface area contributed by atoms with Gasteiger partial charge in [-0.2, -0.15) is 15.0 Å². The van der Waals surface area contributed by atoms with Crippen LogP contribution in [0.1, 0.15) is 71.1 Å². The Hall–Kier alpha value is -1.71. The molecular weight excluding hydrogens is 402 g/mol. The van der Waals surface area contributed by atoms with Crippen LogP contribution in [-0.2, 0) is 11.3 Å². The number of rotatable bonds is 4. The van der Waals surface area contributed by atoms with Crippen LogP contribution in [0.15, 0.2) is 12.4 Å². The van der Waals surface area contributed by atoms with Crippen LogP contribution in [0, 0.1) is 52.8 Å². The molecule has 0 spiro atoms. The van der Waals surface area contributed by atoms with E-state index in [0.717, 1.165) is 43.9 Å². The van der Waals surface area contributed by atoms with Gasteiger partial charge in [0.05, 0.1) is 19.0 Å². The largest absolute Gasteiger partial charge is 0.395 e. The highest BCUT2D eigenvalue weighted by Crippen LogP contribution is 2.64. The zero-order valence-electron chi connectivity index (χ0n) is 19.2. The number of nitrogens with zero attached hydrogens (tertiary/aromatic N) is 3. The summed E-state index contributed by atoms with van der Waals surface area (Å²) in [6, 6.07) is 0. The summed E-state index contributed by atoms with van der Waals surface area (Å²) < 4.78 is 0. The first kappa shape index (κ1) is 22.1. The van der Waals surface area contributed by atoms with Gasteiger partial charge < -0.3 is 10.2 Å². The van der Waals surface area contributed by atoms with Crippen LogP contribution in [0.4, 0.5) is 0 Å². The average molecular weight is 440 g/mol. The van der Waals surface area contributed by atoms with Gasteiger partial charge >= 0.3 is 0 Å². The lowest BCUT2D eigenvalue weighted by Crippen LogP contribution is -2.51. The number of carbonyl (C=O) groups is 1. The van der Waals surface area contributed by atoms with E-state index >= 15 is 0 Å². The Morgan fingerprint density at radius 2 is 1.84 bits per heavy atom. The van der Waals surface area contributed by atoms with Gasteiger partial charge in [0.1, 0.15) is 12.1 Å². The van der Waals surface area contributed by atoms with Gasteiger partial charge in [-0.3, -0.25) is 4.79 Å². The van der Waals surface area contributed by atoms with Crippen molar-refractivity contribution in [2.24, 2.45) is 40.9 Å². The monoisotopic (exact) mass is 439 g/mol. The zero-order chi connectivity index (χ0) is 22.3. The normalized spacial score (nSPS) is 42.8. The maximum absolute atomic E-state index is 13.2. The molecule has 8 atom stereocenters. The molecule has 174 valence electrons. The number of fused-ring (bicyclic) bond motifs is 5. The topological polar surface area (TPSA) is 88.2 Å². The Morgan fingerprint density at radius 1 is 1.06 bits per heavy atom. The predicted molar refractivity (Wildman–Crippen MR) is 120 cm³/mol. The molecule has 1 aromatic heterocycles. The van der Waals surface area contributed by atoms with Crippen molar-refractivity contribution < 1.29 is 15.0 Å². The van der Waals surface area contributed by atoms with E-state index in [1.54, 1.807) is 12.4 Å². The Balaban J connectivity index is 1.27. The van der Waals surface area contributed by atoms with Gasteiger partial charge in [-0.15, -0.1) is 0 Å². The maximum atomic E-state index is 13.2. The highest BCUT2D eigenvalue weighted by Gasteiger charge is 2.58. The number of carbonyl (C=O) groups excluding carboxylic acids is 1. The summed E-state index contributed by atoms with van der Waals surface area (Å²) in [7, 11) is 0. The van der Waals surface area contributed by atoms with Crippen LogP contribution < -0.4 is 0 Å². The Bertz CT molecular complexity index is 890. The molecule has 0 bridgehead atoms. The van der Waals surface area contributed by atoms with Gasteiger partial charge in [0, 0.05) is 12.3 Å². The van der Waals surface area contributed by atoms with E-state index in [2.05, 4.69) is 29.0 Å². The van der Waals surface area contributed by atoms with Gasteiger partial charge in [0.15, 0.2) is 5.78 Å². The van der Waals surface area contributed by atoms with E-state index < -0.39 is 5.60 Å². The first-order chi connectivity index (χ1) is 15.4. The first-order valence-electron chi connectivity index (χ1n) is 12.6. The lowest BCUT2D eigenvalue weighted by Gasteiger charge is -2.56. The number of hydrogen-bond donors (Lipinski definition) is 2. The molecule has 1 heterocycles. The van der Waals surface area contributed by atoms with Crippen LogP contribution in [0.25, 0.3) is 0 Å². The van der Waals surface area contributed by atoms with E-state index in [9.17, 15) is 9.90 Å². The summed E-state index contributed by atoms with van der Waals surface area (Å²) in [5.74, 6) is 9.86. The second kappa shape index (κ2) is 8.57. The molecule has 32 heavy (non-hydrogen) atoms. The molecule has 0 aromatic carbocycles. The van der Waals surface area contributed by atoms with Gasteiger partial charge in [-0.05, 0) is 92.8 Å². The third-order valence-corrected chi connectivity index (χ3v) is 9.72. The molecule has 2 N–H and O–H groups in total. The van der Waals surface area contributed by atoms with Crippen molar-refractivity contribution in [3.63, 3.8) is 0 Å². The first-order valence-corrected chi connectivity index (χ1v) is 12.6. The number of Topliss-reactive ketones (excluding diaryl/α,β-unsaturated/α-hetero) is 1. The smallest absolute Gasteiger partial charge is 0.159 e. The number of aliphatic hydroxyl groups is 2. The second-order valence-corrected chi connectivity index (χ2v) is 11.2. The van der Waals surface area contributed by atoms with Crippen molar-refractivity contribution in [2.75, 3.05) is 6.61 Å². The minimum Gasteiger partial charge on any atom is -0.395 e. The van der Waals surface area contributed by atoms with Gasteiger partial charge in [0.2, 0.25) is 0 Å². The summed E-state index contributed by atoms with van der Waals surface area (Å²) >= 11 is 0. The van der Waals surface area contributed by atoms with Gasteiger partial charge in [0.25, 0.3) is 0 Å². The van der Waals surface area contributed by atoms with E-state index in [4.69, 9.17) is 5.11 Å². The van der Waals surface area contributed by atoms with Crippen LogP contribution in [0.3, 0.4) is 0 Å². The van der Waals surface area contributed by atoms with E-state index in [1.165, 1.54) is 30.5 Å². The van der Waals surface area contributed by atoms with Crippen molar-refractivity contribution in [3.8, 4) is 11.8 Å². The number of hydrogen-bond acceptors (Lipinski definition) is 5. The minimum atomic E-state index is -0.863. The molecule has 4 aliphatic rings. The molecule has 8 unspecified atom stereocenters. The Kier molecular flexibility index (Phi) is 5.92. The molecule has 4 saturated carbocycles. The molecule has 0 radical (unpaired) electrons. The average Bonchev–Trinajstić information content (AvgIpc) is 3.40. The predicted octanol–water partition coefficient (Wildman–Crippen LogP) is 3.23. The Morgan fingerprint density at radius 3 is 2.62 bits per heavy atom. The van der Waals surface area contributed by atoms with E-state index in [1.807, 2.05) is 0 Å². The van der Waals surface area contributed by atoms with E-state index in [-0.39, 0.29) is 17.9 Å². The van der Waals surface area contributed by atoms with Crippen molar-refractivity contribution in [1.82, 2.24) is 15.0 Å². The van der Waals surface area contributed by atoms with Crippen LogP contribution in [0.5, 0.6) is 0 Å². The summed E-state index contributed by atoms with van der Waals surface area (Å²) in [6.45, 7) is 2.75. The number of aliphatic hydroxyl groups excluding tert-OH is 1. The van der Waals surface area contributed by atoms with Crippen LogP contribution in [-0.4, -0.2) is 43.2 Å². The van der Waals surface area contributed by atoms with Crippen LogP contribution in [0.2, 0.25) is 0 Å². The summed E-state index contributed by atoms with van der Waals surface area (Å²) in [5.41, 5.74) is -0.749. The third-order valence-electron chi connectivity index (χ3n) is 9.72. The third kappa shape index (κ3) is 3.82. The number of ketones is 1. The highest BCUT2D eigenvalue weighted by molar-refractivity contribution is 5.81. The zero-order valence-corrected chi connectivity index (χ0v) is 19.2. The molecule has 0 amide bonds. The molecular formula is C26H37N3O3. The highest BCUT2D eigenvalue weighted by atomic mass is 16.3. The second-order valence-electron chi connectivity index (χ2n) is 11.2. The fourth-order valence-electron chi connectivity index (χ4n) is 8.38. The standard InChI is InChI=1S/C26H37N3O3/c1-25-11-8-20-19-9-12-26(32,10-2-3-15-30)16-18(19)4-5-21(20)22(25)6-7-23(25)24(31)17-29-27-13-14-28-29/h13-14,18-23,30,32H,3-9,11-12,15-17H2,1H3. The molecule has 0 aliphatic heterocycles. The minimum absolute atomic E-state index is 0.0565. The van der Waals surface area contributed by atoms with Gasteiger partial charge in [-0.1, -0.05) is 18.8 Å². The molecule has 6 heteroatoms. The molecule has 5 rings (SSSR count). The fourth-order valence-corrected chi connectivity index (χ4v) is 8.38. The lowest BCUT2D eigenvalue weighted by atomic mass is 9.49. The fraction of sp³-hybridized carbons (Fsp3) is 0.808. The molecule has 0 saturated heterocycles. The van der Waals surface area contributed by atoms with Crippen molar-refractivity contribution >= 4 is 5.78 Å². The quantitative estimate of drug-likeness (QED) is 0.703. The number of aromatic nitrogens is 3. The van der Waals surface area contributed by atoms with Gasteiger partial charge in [-0.25, -0.2) is 0 Å². The lowest BCUT2D eigenvalue weighted by molar-refractivity contribution is -0.132. The van der Waals surface area contributed by atoms with Crippen LogP contribution >= 0.6 is 0 Å². The van der Waals surface area contributed by atoms with E-state index in [0.29, 0.717) is 36.5 Å². The summed E-state index contributed by atoms with van der Waals surface area (Å²) in [5, 5.41) is 28.3. The van der Waals surface area contributed by atoms with Crippen molar-refractivity contribution in [2.45, 2.75) is 83.3 Å². The van der Waals surface area contributed by atoms with Crippen molar-refractivity contribution in [1.29, 1.82) is 0 Å². The summed E-state index contributed by atoms with van der Waals surface area (Å²) in [4.78, 5) is 14.7. The maximum Gasteiger partial charge on any atom is 0.159 e. The molecule has 1 aromatic rings. The molecule has 6 nitrogen and oxygen atoms in total. The molecule has 4 aliphatic carbocycles. The Labute approximate surface area is 191 Å².